The first-order chi connectivity index (χ1) is 9.00. The predicted molar refractivity (Wildman–Crippen MR) is 71.7 cm³/mol. The number of anilines is 1. The van der Waals surface area contributed by atoms with E-state index in [2.05, 4.69) is 29.4 Å². The lowest BCUT2D eigenvalue weighted by molar-refractivity contribution is -0.131. The number of ether oxygens (including phenoxy) is 1. The molecule has 1 N–H and O–H groups in total. The lowest BCUT2D eigenvalue weighted by Gasteiger charge is -2.33. The summed E-state index contributed by atoms with van der Waals surface area (Å²) < 4.78 is 7.51. The standard InChI is InChI=1S/C13H22N4O2/c1-8(2)11-10(6-5-7-19-11)12(18)14-13-16-15-9(3)17(13)4/h8,10-11H,5-7H2,1-4H3,(H,14,16,18)/t10-,11+/m1/s1. The molecule has 0 aliphatic carbocycles. The monoisotopic (exact) mass is 266 g/mol. The molecular weight excluding hydrogens is 244 g/mol. The van der Waals surface area contributed by atoms with Crippen LogP contribution in [0.4, 0.5) is 5.95 Å². The molecule has 2 atom stereocenters. The van der Waals surface area contributed by atoms with Crippen LogP contribution in [0.3, 0.4) is 0 Å². The summed E-state index contributed by atoms with van der Waals surface area (Å²) in [5.41, 5.74) is 0. The number of aromatic nitrogens is 3. The van der Waals surface area contributed by atoms with E-state index in [0.29, 0.717) is 11.9 Å². The number of nitrogens with one attached hydrogen (secondary N) is 1. The Morgan fingerprint density at radius 3 is 2.79 bits per heavy atom. The quantitative estimate of drug-likeness (QED) is 0.900. The zero-order valence-corrected chi connectivity index (χ0v) is 12.0. The Balaban J connectivity index is 2.07. The van der Waals surface area contributed by atoms with Crippen LogP contribution in [0.15, 0.2) is 0 Å². The largest absolute Gasteiger partial charge is 0.377 e. The number of amides is 1. The fraction of sp³-hybridized carbons (Fsp3) is 0.769. The molecule has 2 rings (SSSR count). The van der Waals surface area contributed by atoms with E-state index in [1.165, 1.54) is 0 Å². The van der Waals surface area contributed by atoms with Gasteiger partial charge in [0.25, 0.3) is 0 Å². The zero-order valence-electron chi connectivity index (χ0n) is 12.0. The second-order valence-electron chi connectivity index (χ2n) is 5.45. The number of aryl methyl sites for hydroxylation is 1. The number of carbonyl (C=O) groups excluding carboxylic acids is 1. The van der Waals surface area contributed by atoms with Crippen molar-refractivity contribution in [1.82, 2.24) is 14.8 Å². The number of hydrogen-bond donors (Lipinski definition) is 1. The molecule has 1 fully saturated rings. The van der Waals surface area contributed by atoms with Gasteiger partial charge in [-0.25, -0.2) is 0 Å². The van der Waals surface area contributed by atoms with Gasteiger partial charge in [0.05, 0.1) is 12.0 Å². The second-order valence-corrected chi connectivity index (χ2v) is 5.45. The molecule has 0 saturated carbocycles. The van der Waals surface area contributed by atoms with Gasteiger partial charge in [0.1, 0.15) is 5.82 Å². The van der Waals surface area contributed by atoms with Gasteiger partial charge in [0.2, 0.25) is 11.9 Å². The topological polar surface area (TPSA) is 69.0 Å². The summed E-state index contributed by atoms with van der Waals surface area (Å²) in [5, 5.41) is 10.8. The third kappa shape index (κ3) is 2.94. The molecule has 0 unspecified atom stereocenters. The molecule has 1 aliphatic heterocycles. The van der Waals surface area contributed by atoms with Gasteiger partial charge in [-0.3, -0.25) is 10.1 Å². The van der Waals surface area contributed by atoms with Crippen molar-refractivity contribution >= 4 is 11.9 Å². The van der Waals surface area contributed by atoms with Gasteiger partial charge >= 0.3 is 0 Å². The van der Waals surface area contributed by atoms with Crippen LogP contribution in [0.1, 0.15) is 32.5 Å². The van der Waals surface area contributed by atoms with Crippen LogP contribution in [0.2, 0.25) is 0 Å². The van der Waals surface area contributed by atoms with E-state index in [1.807, 2.05) is 14.0 Å². The highest BCUT2D eigenvalue weighted by Crippen LogP contribution is 2.27. The first-order valence-electron chi connectivity index (χ1n) is 6.79. The second kappa shape index (κ2) is 5.69. The Hall–Kier alpha value is -1.43. The Bertz CT molecular complexity index is 455. The third-order valence-corrected chi connectivity index (χ3v) is 3.69. The molecule has 1 aliphatic rings. The number of rotatable bonds is 3. The molecule has 19 heavy (non-hydrogen) atoms. The molecule has 1 aromatic heterocycles. The molecule has 0 spiro atoms. The van der Waals surface area contributed by atoms with Crippen LogP contribution in [0, 0.1) is 18.8 Å². The maximum Gasteiger partial charge on any atom is 0.232 e. The molecule has 6 heteroatoms. The van der Waals surface area contributed by atoms with Gasteiger partial charge in [0.15, 0.2) is 0 Å². The molecule has 0 aromatic carbocycles. The van der Waals surface area contributed by atoms with Gasteiger partial charge < -0.3 is 9.30 Å². The lowest BCUT2D eigenvalue weighted by Crippen LogP contribution is -2.41. The van der Waals surface area contributed by atoms with Crippen molar-refractivity contribution in [3.63, 3.8) is 0 Å². The van der Waals surface area contributed by atoms with Crippen molar-refractivity contribution in [3.05, 3.63) is 5.82 Å². The van der Waals surface area contributed by atoms with Gasteiger partial charge in [-0.15, -0.1) is 10.2 Å². The summed E-state index contributed by atoms with van der Waals surface area (Å²) in [4.78, 5) is 12.4. The van der Waals surface area contributed by atoms with Crippen LogP contribution >= 0.6 is 0 Å². The first-order valence-corrected chi connectivity index (χ1v) is 6.79. The fourth-order valence-electron chi connectivity index (χ4n) is 2.46. The molecule has 0 bridgehead atoms. The van der Waals surface area contributed by atoms with Gasteiger partial charge in [0, 0.05) is 13.7 Å². The molecule has 0 radical (unpaired) electrons. The summed E-state index contributed by atoms with van der Waals surface area (Å²) in [5.74, 6) is 1.48. The smallest absolute Gasteiger partial charge is 0.232 e. The fourth-order valence-corrected chi connectivity index (χ4v) is 2.46. The first kappa shape index (κ1) is 14.0. The maximum absolute atomic E-state index is 12.4. The van der Waals surface area contributed by atoms with Crippen LogP contribution < -0.4 is 5.32 Å². The van der Waals surface area contributed by atoms with Crippen LogP contribution in [-0.2, 0) is 16.6 Å². The van der Waals surface area contributed by atoms with Crippen molar-refractivity contribution in [2.24, 2.45) is 18.9 Å². The van der Waals surface area contributed by atoms with E-state index in [-0.39, 0.29) is 17.9 Å². The highest BCUT2D eigenvalue weighted by Gasteiger charge is 2.34. The molecular formula is C13H22N4O2. The molecule has 1 saturated heterocycles. The van der Waals surface area contributed by atoms with E-state index in [4.69, 9.17) is 4.74 Å². The van der Waals surface area contributed by atoms with Crippen molar-refractivity contribution in [2.75, 3.05) is 11.9 Å². The van der Waals surface area contributed by atoms with Crippen LogP contribution in [0.25, 0.3) is 0 Å². The summed E-state index contributed by atoms with van der Waals surface area (Å²) in [6, 6.07) is 0. The molecule has 1 amide bonds. The number of nitrogens with zero attached hydrogens (tertiary/aromatic N) is 3. The van der Waals surface area contributed by atoms with Crippen LogP contribution in [0.5, 0.6) is 0 Å². The summed E-state index contributed by atoms with van der Waals surface area (Å²) in [7, 11) is 1.84. The highest BCUT2D eigenvalue weighted by atomic mass is 16.5. The predicted octanol–water partition coefficient (Wildman–Crippen LogP) is 1.51. The summed E-state index contributed by atoms with van der Waals surface area (Å²) in [6.07, 6.45) is 1.79. The lowest BCUT2D eigenvalue weighted by atomic mass is 9.87. The minimum atomic E-state index is -0.106. The van der Waals surface area contributed by atoms with E-state index >= 15 is 0 Å². The molecule has 6 nitrogen and oxygen atoms in total. The number of hydrogen-bond acceptors (Lipinski definition) is 4. The average Bonchev–Trinajstić information content (AvgIpc) is 2.70. The van der Waals surface area contributed by atoms with Crippen molar-refractivity contribution in [2.45, 2.75) is 39.7 Å². The maximum atomic E-state index is 12.4. The Morgan fingerprint density at radius 2 is 2.21 bits per heavy atom. The van der Waals surface area contributed by atoms with Gasteiger partial charge in [-0.05, 0) is 25.7 Å². The van der Waals surface area contributed by atoms with E-state index in [9.17, 15) is 4.79 Å². The van der Waals surface area contributed by atoms with E-state index < -0.39 is 0 Å². The summed E-state index contributed by atoms with van der Waals surface area (Å²) in [6.45, 7) is 6.77. The average molecular weight is 266 g/mol. The highest BCUT2D eigenvalue weighted by molar-refractivity contribution is 5.91. The van der Waals surface area contributed by atoms with Crippen LogP contribution in [-0.4, -0.2) is 33.4 Å². The van der Waals surface area contributed by atoms with Crippen molar-refractivity contribution in [3.8, 4) is 0 Å². The molecule has 1 aromatic rings. The normalized spacial score (nSPS) is 23.6. The van der Waals surface area contributed by atoms with Gasteiger partial charge in [-0.2, -0.15) is 0 Å². The minimum Gasteiger partial charge on any atom is -0.377 e. The SMILES string of the molecule is Cc1nnc(NC(=O)[C@@H]2CCCO[C@H]2C(C)C)n1C. The Labute approximate surface area is 113 Å². The molecule has 2 heterocycles. The van der Waals surface area contributed by atoms with E-state index in [0.717, 1.165) is 25.3 Å². The van der Waals surface area contributed by atoms with Gasteiger partial charge in [-0.1, -0.05) is 13.8 Å². The van der Waals surface area contributed by atoms with E-state index in [1.54, 1.807) is 4.57 Å². The van der Waals surface area contributed by atoms with Crippen molar-refractivity contribution < 1.29 is 9.53 Å². The Morgan fingerprint density at radius 1 is 1.47 bits per heavy atom. The number of carbonyl (C=O) groups is 1. The Kier molecular flexibility index (Phi) is 4.19. The third-order valence-electron chi connectivity index (χ3n) is 3.69. The zero-order chi connectivity index (χ0) is 14.0. The summed E-state index contributed by atoms with van der Waals surface area (Å²) >= 11 is 0. The minimum absolute atomic E-state index is 0.0110. The van der Waals surface area contributed by atoms with Crippen molar-refractivity contribution in [1.29, 1.82) is 0 Å². The molecule has 106 valence electrons.